The number of hydrogen-bond acceptors (Lipinski definition) is 4. The van der Waals surface area contributed by atoms with Crippen LogP contribution in [0.25, 0.3) is 0 Å². The molecule has 1 aromatic carbocycles. The molecule has 0 saturated carbocycles. The number of piperidine rings is 1. The van der Waals surface area contributed by atoms with Gasteiger partial charge in [-0.3, -0.25) is 4.79 Å². The second kappa shape index (κ2) is 11.3. The van der Waals surface area contributed by atoms with Crippen LogP contribution in [0.15, 0.2) is 24.3 Å². The van der Waals surface area contributed by atoms with Gasteiger partial charge in [0.1, 0.15) is 12.4 Å². The van der Waals surface area contributed by atoms with Crippen LogP contribution in [0, 0.1) is 11.8 Å². The quantitative estimate of drug-likeness (QED) is 0.703. The molecule has 0 radical (unpaired) electrons. The normalized spacial score (nSPS) is 16.1. The minimum atomic E-state index is 0. The van der Waals surface area contributed by atoms with Gasteiger partial charge in [0, 0.05) is 19.2 Å². The Balaban J connectivity index is 0.00000288. The maximum atomic E-state index is 12.2. The molecule has 0 bridgehead atoms. The van der Waals surface area contributed by atoms with Gasteiger partial charge >= 0.3 is 0 Å². The van der Waals surface area contributed by atoms with Gasteiger partial charge in [-0.15, -0.1) is 12.4 Å². The molecule has 1 aromatic rings. The number of rotatable bonds is 8. The predicted octanol–water partition coefficient (Wildman–Crippen LogP) is 3.10. The molecule has 1 saturated heterocycles. The molecule has 1 atom stereocenters. The van der Waals surface area contributed by atoms with Crippen molar-refractivity contribution in [2.75, 3.05) is 38.7 Å². The van der Waals surface area contributed by atoms with Gasteiger partial charge < -0.3 is 20.1 Å². The first-order chi connectivity index (χ1) is 11.2. The van der Waals surface area contributed by atoms with Gasteiger partial charge in [-0.2, -0.15) is 0 Å². The van der Waals surface area contributed by atoms with Crippen LogP contribution < -0.4 is 15.4 Å². The fraction of sp³-hybridized carbons (Fsp3) is 0.611. The van der Waals surface area contributed by atoms with E-state index in [4.69, 9.17) is 9.47 Å². The van der Waals surface area contributed by atoms with E-state index in [0.29, 0.717) is 31.5 Å². The van der Waals surface area contributed by atoms with Crippen LogP contribution in [-0.2, 0) is 9.53 Å². The number of benzene rings is 1. The largest absolute Gasteiger partial charge is 0.491 e. The van der Waals surface area contributed by atoms with Crippen molar-refractivity contribution >= 4 is 24.0 Å². The lowest BCUT2D eigenvalue weighted by molar-refractivity contribution is -0.117. The zero-order valence-corrected chi connectivity index (χ0v) is 15.4. The lowest BCUT2D eigenvalue weighted by Gasteiger charge is -2.27. The Bertz CT molecular complexity index is 476. The molecule has 0 spiro atoms. The van der Waals surface area contributed by atoms with E-state index < -0.39 is 0 Å². The summed E-state index contributed by atoms with van der Waals surface area (Å²) in [6.07, 6.45) is 2.92. The van der Waals surface area contributed by atoms with Gasteiger partial charge in [-0.1, -0.05) is 6.92 Å². The van der Waals surface area contributed by atoms with Gasteiger partial charge in [0.05, 0.1) is 6.61 Å². The van der Waals surface area contributed by atoms with E-state index in [0.717, 1.165) is 24.5 Å². The van der Waals surface area contributed by atoms with Crippen LogP contribution in [-0.4, -0.2) is 39.3 Å². The van der Waals surface area contributed by atoms with Crippen molar-refractivity contribution in [3.05, 3.63) is 24.3 Å². The second-order valence-electron chi connectivity index (χ2n) is 6.18. The minimum absolute atomic E-state index is 0. The molecule has 2 N–H and O–H groups in total. The van der Waals surface area contributed by atoms with Crippen LogP contribution in [0.2, 0.25) is 0 Å². The molecule has 136 valence electrons. The van der Waals surface area contributed by atoms with Crippen molar-refractivity contribution in [2.24, 2.45) is 11.8 Å². The molecule has 1 heterocycles. The van der Waals surface area contributed by atoms with E-state index >= 15 is 0 Å². The summed E-state index contributed by atoms with van der Waals surface area (Å²) in [6.45, 7) is 5.41. The molecule has 0 aliphatic carbocycles. The van der Waals surface area contributed by atoms with Crippen LogP contribution in [0.1, 0.15) is 26.2 Å². The maximum Gasteiger partial charge on any atom is 0.224 e. The number of carbonyl (C=O) groups is 1. The molecule has 2 rings (SSSR count). The summed E-state index contributed by atoms with van der Waals surface area (Å²) in [5, 5.41) is 6.34. The highest BCUT2D eigenvalue weighted by atomic mass is 35.5. The van der Waals surface area contributed by atoms with Crippen LogP contribution in [0.3, 0.4) is 0 Å². The Morgan fingerprint density at radius 3 is 2.54 bits per heavy atom. The zero-order valence-electron chi connectivity index (χ0n) is 14.5. The van der Waals surface area contributed by atoms with Gasteiger partial charge in [0.2, 0.25) is 5.91 Å². The first kappa shape index (κ1) is 20.7. The van der Waals surface area contributed by atoms with Gasteiger partial charge in [0.25, 0.3) is 0 Å². The Hall–Kier alpha value is -1.30. The van der Waals surface area contributed by atoms with E-state index in [-0.39, 0.29) is 18.3 Å². The smallest absolute Gasteiger partial charge is 0.224 e. The summed E-state index contributed by atoms with van der Waals surface area (Å²) in [7, 11) is 1.65. The number of anilines is 1. The number of carbonyl (C=O) groups excluding carboxylic acids is 1. The topological polar surface area (TPSA) is 59.6 Å². The van der Waals surface area contributed by atoms with Crippen molar-refractivity contribution in [1.82, 2.24) is 5.32 Å². The first-order valence-corrected chi connectivity index (χ1v) is 8.41. The summed E-state index contributed by atoms with van der Waals surface area (Å²) < 4.78 is 10.4. The molecule has 1 amide bonds. The van der Waals surface area contributed by atoms with Crippen LogP contribution in [0.4, 0.5) is 5.69 Å². The van der Waals surface area contributed by atoms with E-state index in [1.807, 2.05) is 24.3 Å². The summed E-state index contributed by atoms with van der Waals surface area (Å²) in [5.41, 5.74) is 0.812. The molecule has 0 aromatic heterocycles. The van der Waals surface area contributed by atoms with Crippen molar-refractivity contribution in [2.45, 2.75) is 26.2 Å². The minimum Gasteiger partial charge on any atom is -0.491 e. The van der Waals surface area contributed by atoms with Crippen molar-refractivity contribution in [3.8, 4) is 5.75 Å². The van der Waals surface area contributed by atoms with Gasteiger partial charge in [-0.05, 0) is 62.0 Å². The average Bonchev–Trinajstić information content (AvgIpc) is 2.57. The Morgan fingerprint density at radius 1 is 1.25 bits per heavy atom. The van der Waals surface area contributed by atoms with Gasteiger partial charge in [-0.25, -0.2) is 0 Å². The predicted molar refractivity (Wildman–Crippen MR) is 99.1 cm³/mol. The van der Waals surface area contributed by atoms with E-state index in [1.165, 1.54) is 12.8 Å². The molecule has 1 aliphatic rings. The number of nitrogens with one attached hydrogen (secondary N) is 2. The lowest BCUT2D eigenvalue weighted by atomic mass is 9.84. The third-order valence-corrected chi connectivity index (χ3v) is 4.39. The SMILES string of the molecule is COCCOc1ccc(NC(=O)CC(C)C2CCNCC2)cc1.Cl. The fourth-order valence-corrected chi connectivity index (χ4v) is 2.96. The third kappa shape index (κ3) is 7.07. The Kier molecular flexibility index (Phi) is 9.76. The summed E-state index contributed by atoms with van der Waals surface area (Å²) in [4.78, 5) is 12.2. The van der Waals surface area contributed by atoms with Crippen LogP contribution >= 0.6 is 12.4 Å². The standard InChI is InChI=1S/C18H28N2O3.ClH/c1-14(15-7-9-19-10-8-15)13-18(21)20-16-3-5-17(6-4-16)23-12-11-22-2;/h3-6,14-15,19H,7-13H2,1-2H3,(H,20,21);1H. The van der Waals surface area contributed by atoms with E-state index in [1.54, 1.807) is 7.11 Å². The van der Waals surface area contributed by atoms with Crippen molar-refractivity contribution < 1.29 is 14.3 Å². The monoisotopic (exact) mass is 356 g/mol. The number of hydrogen-bond donors (Lipinski definition) is 2. The average molecular weight is 357 g/mol. The molecule has 6 heteroatoms. The molecule has 1 fully saturated rings. The third-order valence-electron chi connectivity index (χ3n) is 4.39. The van der Waals surface area contributed by atoms with E-state index in [2.05, 4.69) is 17.6 Å². The van der Waals surface area contributed by atoms with Crippen LogP contribution in [0.5, 0.6) is 5.75 Å². The zero-order chi connectivity index (χ0) is 16.5. The second-order valence-corrected chi connectivity index (χ2v) is 6.18. The molecular weight excluding hydrogens is 328 g/mol. The molecular formula is C18H29ClN2O3. The molecule has 5 nitrogen and oxygen atoms in total. The summed E-state index contributed by atoms with van der Waals surface area (Å²) in [5.74, 6) is 1.94. The lowest BCUT2D eigenvalue weighted by Crippen LogP contribution is -2.32. The highest BCUT2D eigenvalue weighted by Crippen LogP contribution is 2.25. The number of halogens is 1. The molecule has 24 heavy (non-hydrogen) atoms. The Morgan fingerprint density at radius 2 is 1.92 bits per heavy atom. The molecule has 1 aliphatic heterocycles. The number of amides is 1. The van der Waals surface area contributed by atoms with E-state index in [9.17, 15) is 4.79 Å². The highest BCUT2D eigenvalue weighted by Gasteiger charge is 2.21. The summed E-state index contributed by atoms with van der Waals surface area (Å²) in [6, 6.07) is 7.47. The molecule has 1 unspecified atom stereocenters. The number of ether oxygens (including phenoxy) is 2. The van der Waals surface area contributed by atoms with Gasteiger partial charge in [0.15, 0.2) is 0 Å². The number of methoxy groups -OCH3 is 1. The van der Waals surface area contributed by atoms with Crippen molar-refractivity contribution in [3.63, 3.8) is 0 Å². The van der Waals surface area contributed by atoms with Crippen molar-refractivity contribution in [1.29, 1.82) is 0 Å². The maximum absolute atomic E-state index is 12.2. The Labute approximate surface area is 150 Å². The highest BCUT2D eigenvalue weighted by molar-refractivity contribution is 5.90. The summed E-state index contributed by atoms with van der Waals surface area (Å²) >= 11 is 0. The first-order valence-electron chi connectivity index (χ1n) is 8.41. The fourth-order valence-electron chi connectivity index (χ4n) is 2.96.